The van der Waals surface area contributed by atoms with Crippen molar-refractivity contribution in [2.24, 2.45) is 11.3 Å². The predicted octanol–water partition coefficient (Wildman–Crippen LogP) is 1.49. The van der Waals surface area contributed by atoms with Crippen molar-refractivity contribution in [3.63, 3.8) is 0 Å². The molecule has 0 unspecified atom stereocenters. The number of aliphatic carboxylic acids is 1. The Hall–Kier alpha value is -1.88. The Morgan fingerprint density at radius 1 is 1.36 bits per heavy atom. The zero-order valence-corrected chi connectivity index (χ0v) is 12.7. The van der Waals surface area contributed by atoms with Crippen molar-refractivity contribution < 1.29 is 19.4 Å². The van der Waals surface area contributed by atoms with E-state index in [4.69, 9.17) is 4.74 Å². The van der Waals surface area contributed by atoms with E-state index in [1.54, 1.807) is 4.90 Å². The van der Waals surface area contributed by atoms with Crippen molar-refractivity contribution in [3.8, 4) is 0 Å². The number of nitrogens with zero attached hydrogens (tertiary/aromatic N) is 1. The van der Waals surface area contributed by atoms with E-state index < -0.39 is 11.4 Å². The molecule has 3 rings (SSSR count). The van der Waals surface area contributed by atoms with Gasteiger partial charge in [-0.2, -0.15) is 0 Å². The summed E-state index contributed by atoms with van der Waals surface area (Å²) >= 11 is 0. The molecule has 1 aromatic carbocycles. The van der Waals surface area contributed by atoms with Crippen LogP contribution in [0.25, 0.3) is 0 Å². The first-order valence-electron chi connectivity index (χ1n) is 7.66. The van der Waals surface area contributed by atoms with Gasteiger partial charge in [-0.1, -0.05) is 29.8 Å². The van der Waals surface area contributed by atoms with Gasteiger partial charge >= 0.3 is 5.97 Å². The molecule has 118 valence electrons. The third kappa shape index (κ3) is 2.61. The summed E-state index contributed by atoms with van der Waals surface area (Å²) in [5.74, 6) is -0.882. The average Bonchev–Trinajstić information content (AvgIpc) is 3.04. The Balaban J connectivity index is 1.60. The lowest BCUT2D eigenvalue weighted by Gasteiger charge is -2.22. The molecule has 0 aromatic heterocycles. The molecule has 0 saturated carbocycles. The van der Waals surface area contributed by atoms with Gasteiger partial charge in [-0.05, 0) is 18.9 Å². The monoisotopic (exact) mass is 303 g/mol. The van der Waals surface area contributed by atoms with Crippen molar-refractivity contribution in [1.29, 1.82) is 0 Å². The van der Waals surface area contributed by atoms with Crippen LogP contribution in [0.2, 0.25) is 0 Å². The molecule has 2 aliphatic heterocycles. The van der Waals surface area contributed by atoms with Crippen molar-refractivity contribution in [2.75, 3.05) is 26.3 Å². The lowest BCUT2D eigenvalue weighted by molar-refractivity contribution is -0.149. The quantitative estimate of drug-likeness (QED) is 0.915. The SMILES string of the molecule is Cc1ccc(CCC(=O)N2C[C@@H]3COC[C@]3(C(=O)O)C2)cc1. The lowest BCUT2D eigenvalue weighted by Crippen LogP contribution is -2.40. The standard InChI is InChI=1S/C17H21NO4/c1-12-2-4-13(5-3-12)6-7-15(19)18-8-14-9-22-11-17(14,10-18)16(20)21/h2-5,14H,6-11H2,1H3,(H,20,21)/t14-,17-/m1/s1. The minimum Gasteiger partial charge on any atom is -0.481 e. The average molecular weight is 303 g/mol. The number of aryl methyl sites for hydroxylation is 2. The maximum absolute atomic E-state index is 12.4. The summed E-state index contributed by atoms with van der Waals surface area (Å²) in [5, 5.41) is 9.49. The van der Waals surface area contributed by atoms with Gasteiger partial charge in [-0.3, -0.25) is 9.59 Å². The van der Waals surface area contributed by atoms with Gasteiger partial charge < -0.3 is 14.7 Å². The highest BCUT2D eigenvalue weighted by atomic mass is 16.5. The molecule has 0 spiro atoms. The van der Waals surface area contributed by atoms with E-state index >= 15 is 0 Å². The maximum atomic E-state index is 12.4. The smallest absolute Gasteiger partial charge is 0.314 e. The third-order valence-corrected chi connectivity index (χ3v) is 4.90. The number of rotatable bonds is 4. The van der Waals surface area contributed by atoms with E-state index in [2.05, 4.69) is 0 Å². The number of fused-ring (bicyclic) bond motifs is 1. The molecule has 0 radical (unpaired) electrons. The van der Waals surface area contributed by atoms with Crippen LogP contribution in [0.4, 0.5) is 0 Å². The van der Waals surface area contributed by atoms with Crippen molar-refractivity contribution in [1.82, 2.24) is 4.90 Å². The number of hydrogen-bond acceptors (Lipinski definition) is 3. The van der Waals surface area contributed by atoms with Crippen molar-refractivity contribution in [2.45, 2.75) is 19.8 Å². The zero-order valence-electron chi connectivity index (χ0n) is 12.7. The van der Waals surface area contributed by atoms with E-state index in [0.29, 0.717) is 26.0 Å². The van der Waals surface area contributed by atoms with Gasteiger partial charge in [0.15, 0.2) is 0 Å². The summed E-state index contributed by atoms with van der Waals surface area (Å²) in [5.41, 5.74) is 1.44. The largest absolute Gasteiger partial charge is 0.481 e. The molecule has 1 N–H and O–H groups in total. The topological polar surface area (TPSA) is 66.8 Å². The number of benzene rings is 1. The molecule has 2 fully saturated rings. The maximum Gasteiger partial charge on any atom is 0.314 e. The van der Waals surface area contributed by atoms with Crippen LogP contribution in [0.3, 0.4) is 0 Å². The normalized spacial score (nSPS) is 27.0. The van der Waals surface area contributed by atoms with E-state index in [1.165, 1.54) is 5.56 Å². The lowest BCUT2D eigenvalue weighted by atomic mass is 9.81. The molecular formula is C17H21NO4. The van der Waals surface area contributed by atoms with E-state index in [1.807, 2.05) is 31.2 Å². The van der Waals surface area contributed by atoms with Crippen LogP contribution in [0.15, 0.2) is 24.3 Å². The van der Waals surface area contributed by atoms with Crippen molar-refractivity contribution >= 4 is 11.9 Å². The second kappa shape index (κ2) is 5.72. The van der Waals surface area contributed by atoms with Crippen LogP contribution in [-0.4, -0.2) is 48.2 Å². The highest BCUT2D eigenvalue weighted by Gasteiger charge is 2.56. The summed E-state index contributed by atoms with van der Waals surface area (Å²) in [6.45, 7) is 3.47. The van der Waals surface area contributed by atoms with E-state index in [9.17, 15) is 14.7 Å². The van der Waals surface area contributed by atoms with Crippen LogP contribution in [0.1, 0.15) is 17.5 Å². The fourth-order valence-corrected chi connectivity index (χ4v) is 3.39. The summed E-state index contributed by atoms with van der Waals surface area (Å²) in [6.07, 6.45) is 1.11. The van der Waals surface area contributed by atoms with Gasteiger partial charge in [0.25, 0.3) is 0 Å². The number of hydrogen-bond donors (Lipinski definition) is 1. The number of carboxylic acids is 1. The first-order valence-corrected chi connectivity index (χ1v) is 7.66. The van der Waals surface area contributed by atoms with Crippen LogP contribution < -0.4 is 0 Å². The Morgan fingerprint density at radius 2 is 2.09 bits per heavy atom. The van der Waals surface area contributed by atoms with Gasteiger partial charge in [-0.25, -0.2) is 0 Å². The molecule has 2 heterocycles. The second-order valence-electron chi connectivity index (χ2n) is 6.43. The second-order valence-corrected chi connectivity index (χ2v) is 6.43. The van der Waals surface area contributed by atoms with Crippen LogP contribution in [-0.2, 0) is 20.7 Å². The molecule has 2 saturated heterocycles. The van der Waals surface area contributed by atoms with E-state index in [-0.39, 0.29) is 25.0 Å². The minimum absolute atomic E-state index is 0.0376. The Labute approximate surface area is 129 Å². The number of carboxylic acid groups (broad SMARTS) is 1. The molecule has 1 amide bonds. The first kappa shape index (κ1) is 15.0. The summed E-state index contributed by atoms with van der Waals surface area (Å²) < 4.78 is 5.33. The van der Waals surface area contributed by atoms with Gasteiger partial charge in [0.2, 0.25) is 5.91 Å². The summed E-state index contributed by atoms with van der Waals surface area (Å²) in [6, 6.07) is 8.15. The molecule has 1 aromatic rings. The highest BCUT2D eigenvalue weighted by Crippen LogP contribution is 2.41. The molecular weight excluding hydrogens is 282 g/mol. The van der Waals surface area contributed by atoms with Gasteiger partial charge in [0.1, 0.15) is 5.41 Å². The Bertz CT molecular complexity index is 583. The number of likely N-dealkylation sites (tertiary alicyclic amines) is 1. The Morgan fingerprint density at radius 3 is 2.73 bits per heavy atom. The van der Waals surface area contributed by atoms with Gasteiger partial charge in [-0.15, -0.1) is 0 Å². The van der Waals surface area contributed by atoms with Gasteiger partial charge in [0.05, 0.1) is 13.2 Å². The molecule has 0 aliphatic carbocycles. The van der Waals surface area contributed by atoms with Crippen LogP contribution in [0.5, 0.6) is 0 Å². The third-order valence-electron chi connectivity index (χ3n) is 4.90. The van der Waals surface area contributed by atoms with Crippen LogP contribution in [0, 0.1) is 18.3 Å². The summed E-state index contributed by atoms with van der Waals surface area (Å²) in [7, 11) is 0. The zero-order chi connectivity index (χ0) is 15.7. The molecule has 2 aliphatic rings. The fraction of sp³-hybridized carbons (Fsp3) is 0.529. The molecule has 22 heavy (non-hydrogen) atoms. The molecule has 5 nitrogen and oxygen atoms in total. The number of amides is 1. The number of ether oxygens (including phenoxy) is 1. The highest BCUT2D eigenvalue weighted by molar-refractivity contribution is 5.81. The predicted molar refractivity (Wildman–Crippen MR) is 80.5 cm³/mol. The fourth-order valence-electron chi connectivity index (χ4n) is 3.39. The Kier molecular flexibility index (Phi) is 3.91. The number of carbonyl (C=O) groups excluding carboxylic acids is 1. The van der Waals surface area contributed by atoms with Crippen molar-refractivity contribution in [3.05, 3.63) is 35.4 Å². The molecule has 2 atom stereocenters. The van der Waals surface area contributed by atoms with E-state index in [0.717, 1.165) is 5.56 Å². The summed E-state index contributed by atoms with van der Waals surface area (Å²) in [4.78, 5) is 25.6. The molecule has 5 heteroatoms. The van der Waals surface area contributed by atoms with Crippen LogP contribution >= 0.6 is 0 Å². The number of carbonyl (C=O) groups is 2. The first-order chi connectivity index (χ1) is 10.5. The minimum atomic E-state index is -0.889. The van der Waals surface area contributed by atoms with Gasteiger partial charge in [0, 0.05) is 25.4 Å². The molecule has 0 bridgehead atoms.